The molecule has 1 saturated heterocycles. The van der Waals surface area contributed by atoms with E-state index in [1.54, 1.807) is 24.5 Å². The van der Waals surface area contributed by atoms with E-state index in [4.69, 9.17) is 23.2 Å². The Bertz CT molecular complexity index is 1090. The Hall–Kier alpha value is -2.19. The summed E-state index contributed by atoms with van der Waals surface area (Å²) in [6.45, 7) is 1.74. The maximum Gasteiger partial charge on any atom is 0.261 e. The van der Waals surface area contributed by atoms with Crippen molar-refractivity contribution >= 4 is 58.2 Å². The molecule has 3 aromatic rings. The summed E-state index contributed by atoms with van der Waals surface area (Å²) in [5, 5.41) is 6.75. The highest BCUT2D eigenvalue weighted by molar-refractivity contribution is 6.39. The number of pyridine rings is 3. The van der Waals surface area contributed by atoms with E-state index in [0.29, 0.717) is 11.0 Å². The summed E-state index contributed by atoms with van der Waals surface area (Å²) in [7, 11) is 0. The molecule has 0 aromatic carbocycles. The number of aromatic nitrogens is 3. The Morgan fingerprint density at radius 2 is 1.90 bits per heavy atom. The summed E-state index contributed by atoms with van der Waals surface area (Å²) in [4.78, 5) is 34.1. The predicted molar refractivity (Wildman–Crippen MR) is 117 cm³/mol. The van der Waals surface area contributed by atoms with Gasteiger partial charge in [-0.25, -0.2) is 4.98 Å². The largest absolute Gasteiger partial charge is 0.328 e. The fourth-order valence-corrected chi connectivity index (χ4v) is 3.88. The van der Waals surface area contributed by atoms with Gasteiger partial charge in [0.15, 0.2) is 0 Å². The molecule has 1 aliphatic rings. The maximum absolute atomic E-state index is 13.0. The van der Waals surface area contributed by atoms with Gasteiger partial charge in [0.1, 0.15) is 11.2 Å². The molecule has 0 saturated carbocycles. The number of hydrogen-bond acceptors (Lipinski definition) is 5. The van der Waals surface area contributed by atoms with Gasteiger partial charge in [-0.05, 0) is 38.1 Å². The summed E-state index contributed by atoms with van der Waals surface area (Å²) in [5.41, 5.74) is 0.438. The number of carbonyl (C=O) groups is 1. The van der Waals surface area contributed by atoms with Gasteiger partial charge in [0.25, 0.3) is 5.91 Å². The number of carbonyl (C=O) groups excluding carboxylic acids is 1. The van der Waals surface area contributed by atoms with Gasteiger partial charge < -0.3 is 15.2 Å². The highest BCUT2D eigenvalue weighted by Crippen LogP contribution is 2.29. The molecule has 0 aliphatic carbocycles. The standard InChI is InChI=1S/C19H17Cl2N5O2.ClH/c20-14-8-23-9-15(21)16(14)25-19(28)13-10-26(11-3-6-22-7-4-11)18-12(17(13)27)2-1-5-24-18;/h1-2,5,8-11,22H,3-4,6-7H2,(H,23,25,28);1H. The molecular weight excluding hydrogens is 437 g/mol. The SMILES string of the molecule is Cl.O=C(Nc1c(Cl)cncc1Cl)c1cn(C2CCNCC2)c2ncccc2c1=O. The molecule has 1 aliphatic heterocycles. The average Bonchev–Trinajstić information content (AvgIpc) is 2.72. The first-order valence-electron chi connectivity index (χ1n) is 8.87. The second kappa shape index (κ2) is 9.09. The van der Waals surface area contributed by atoms with Crippen molar-refractivity contribution in [2.75, 3.05) is 18.4 Å². The molecule has 7 nitrogen and oxygen atoms in total. The zero-order valence-corrected chi connectivity index (χ0v) is 17.5. The summed E-state index contributed by atoms with van der Waals surface area (Å²) >= 11 is 12.2. The van der Waals surface area contributed by atoms with E-state index in [9.17, 15) is 9.59 Å². The van der Waals surface area contributed by atoms with Crippen LogP contribution in [0.25, 0.3) is 11.0 Å². The van der Waals surface area contributed by atoms with Crippen molar-refractivity contribution in [2.45, 2.75) is 18.9 Å². The van der Waals surface area contributed by atoms with Crippen molar-refractivity contribution in [1.29, 1.82) is 0 Å². The Morgan fingerprint density at radius 1 is 1.21 bits per heavy atom. The monoisotopic (exact) mass is 453 g/mol. The molecule has 4 heterocycles. The highest BCUT2D eigenvalue weighted by Gasteiger charge is 2.22. The van der Waals surface area contributed by atoms with Crippen LogP contribution in [0.3, 0.4) is 0 Å². The predicted octanol–water partition coefficient (Wildman–Crippen LogP) is 3.70. The third kappa shape index (κ3) is 4.23. The van der Waals surface area contributed by atoms with Gasteiger partial charge in [0, 0.05) is 30.8 Å². The lowest BCUT2D eigenvalue weighted by molar-refractivity contribution is 0.102. The molecule has 0 unspecified atom stereocenters. The van der Waals surface area contributed by atoms with E-state index in [-0.39, 0.29) is 45.2 Å². The quantitative estimate of drug-likeness (QED) is 0.630. The van der Waals surface area contributed by atoms with Crippen LogP contribution in [0.4, 0.5) is 5.69 Å². The van der Waals surface area contributed by atoms with Crippen LogP contribution in [0.15, 0.2) is 41.7 Å². The van der Waals surface area contributed by atoms with Crippen LogP contribution in [-0.4, -0.2) is 33.5 Å². The first-order chi connectivity index (χ1) is 13.6. The summed E-state index contributed by atoms with van der Waals surface area (Å²) in [5.74, 6) is -0.576. The van der Waals surface area contributed by atoms with Crippen molar-refractivity contribution in [2.24, 2.45) is 0 Å². The molecule has 3 aromatic heterocycles. The van der Waals surface area contributed by atoms with Crippen LogP contribution < -0.4 is 16.1 Å². The number of nitrogens with zero attached hydrogens (tertiary/aromatic N) is 3. The first kappa shape index (κ1) is 21.5. The van der Waals surface area contributed by atoms with Gasteiger partial charge in [-0.3, -0.25) is 14.6 Å². The first-order valence-corrected chi connectivity index (χ1v) is 9.63. The summed E-state index contributed by atoms with van der Waals surface area (Å²) < 4.78 is 1.93. The Balaban J connectivity index is 0.00000240. The van der Waals surface area contributed by atoms with Crippen molar-refractivity contribution in [1.82, 2.24) is 19.9 Å². The van der Waals surface area contributed by atoms with Gasteiger partial charge >= 0.3 is 0 Å². The minimum atomic E-state index is -0.576. The Kier molecular flexibility index (Phi) is 6.74. The number of fused-ring (bicyclic) bond motifs is 1. The van der Waals surface area contributed by atoms with E-state index < -0.39 is 5.91 Å². The van der Waals surface area contributed by atoms with Crippen LogP contribution >= 0.6 is 35.6 Å². The van der Waals surface area contributed by atoms with Gasteiger partial charge in [-0.2, -0.15) is 0 Å². The van der Waals surface area contributed by atoms with E-state index in [1.165, 1.54) is 12.4 Å². The Morgan fingerprint density at radius 3 is 2.59 bits per heavy atom. The molecule has 152 valence electrons. The maximum atomic E-state index is 13.0. The topological polar surface area (TPSA) is 88.9 Å². The van der Waals surface area contributed by atoms with E-state index in [2.05, 4.69) is 20.6 Å². The lowest BCUT2D eigenvalue weighted by Crippen LogP contribution is -2.31. The fraction of sp³-hybridized carbons (Fsp3) is 0.263. The molecule has 0 atom stereocenters. The van der Waals surface area contributed by atoms with Crippen molar-refractivity contribution in [3.8, 4) is 0 Å². The highest BCUT2D eigenvalue weighted by atomic mass is 35.5. The molecule has 1 fully saturated rings. The zero-order valence-electron chi connectivity index (χ0n) is 15.2. The third-order valence-corrected chi connectivity index (χ3v) is 5.40. The summed E-state index contributed by atoms with van der Waals surface area (Å²) in [6.07, 6.45) is 7.76. The molecule has 2 N–H and O–H groups in total. The molecular formula is C19H18Cl3N5O2. The number of rotatable bonds is 3. The smallest absolute Gasteiger partial charge is 0.261 e. The molecule has 4 rings (SSSR count). The number of nitrogens with one attached hydrogen (secondary N) is 2. The molecule has 29 heavy (non-hydrogen) atoms. The van der Waals surface area contributed by atoms with Gasteiger partial charge in [-0.1, -0.05) is 23.2 Å². The van der Waals surface area contributed by atoms with Crippen molar-refractivity contribution < 1.29 is 4.79 Å². The van der Waals surface area contributed by atoms with Crippen LogP contribution in [-0.2, 0) is 0 Å². The molecule has 1 amide bonds. The normalized spacial score (nSPS) is 14.4. The lowest BCUT2D eigenvalue weighted by Gasteiger charge is -2.26. The number of anilines is 1. The summed E-state index contributed by atoms with van der Waals surface area (Å²) in [6, 6.07) is 3.53. The van der Waals surface area contributed by atoms with Crippen LogP contribution in [0.5, 0.6) is 0 Å². The number of halogens is 3. The molecule has 0 bridgehead atoms. The second-order valence-electron chi connectivity index (χ2n) is 6.57. The van der Waals surface area contributed by atoms with Crippen LogP contribution in [0.1, 0.15) is 29.2 Å². The van der Waals surface area contributed by atoms with Crippen LogP contribution in [0.2, 0.25) is 10.0 Å². The third-order valence-electron chi connectivity index (χ3n) is 4.83. The Labute approximate surface area is 182 Å². The number of hydrogen-bond donors (Lipinski definition) is 2. The lowest BCUT2D eigenvalue weighted by atomic mass is 10.0. The van der Waals surface area contributed by atoms with E-state index in [1.807, 2.05) is 4.57 Å². The van der Waals surface area contributed by atoms with Crippen molar-refractivity contribution in [3.05, 3.63) is 62.8 Å². The average molecular weight is 455 g/mol. The van der Waals surface area contributed by atoms with Crippen LogP contribution in [0, 0.1) is 0 Å². The zero-order chi connectivity index (χ0) is 19.7. The fourth-order valence-electron chi connectivity index (χ4n) is 3.42. The van der Waals surface area contributed by atoms with Gasteiger partial charge in [-0.15, -0.1) is 12.4 Å². The van der Waals surface area contributed by atoms with Crippen molar-refractivity contribution in [3.63, 3.8) is 0 Å². The molecule has 10 heteroatoms. The number of piperidine rings is 1. The number of amides is 1. The second-order valence-corrected chi connectivity index (χ2v) is 7.38. The van der Waals surface area contributed by atoms with Gasteiger partial charge in [0.05, 0.1) is 21.1 Å². The molecule has 0 radical (unpaired) electrons. The van der Waals surface area contributed by atoms with E-state index in [0.717, 1.165) is 25.9 Å². The minimum Gasteiger partial charge on any atom is -0.328 e. The minimum absolute atomic E-state index is 0. The molecule has 0 spiro atoms. The van der Waals surface area contributed by atoms with E-state index >= 15 is 0 Å². The van der Waals surface area contributed by atoms with Gasteiger partial charge in [0.2, 0.25) is 5.43 Å².